The first-order chi connectivity index (χ1) is 6.86. The fourth-order valence-corrected chi connectivity index (χ4v) is 1.50. The molecule has 0 aliphatic heterocycles. The van der Waals surface area contributed by atoms with Gasteiger partial charge in [-0.1, -0.05) is 52.5 Å². The van der Waals surface area contributed by atoms with E-state index in [1.807, 2.05) is 12.1 Å². The van der Waals surface area contributed by atoms with Crippen molar-refractivity contribution in [3.63, 3.8) is 0 Å². The lowest BCUT2D eigenvalue weighted by molar-refractivity contribution is 0.338. The summed E-state index contributed by atoms with van der Waals surface area (Å²) in [5.41, 5.74) is 2.17. The molecule has 0 aliphatic carbocycles. The van der Waals surface area contributed by atoms with E-state index in [0.29, 0.717) is 11.7 Å². The van der Waals surface area contributed by atoms with Gasteiger partial charge in [-0.25, -0.2) is 0 Å². The molecule has 0 heterocycles. The molecule has 1 aromatic carbocycles. The molecule has 1 atom stereocenters. The minimum absolute atomic E-state index is 0.210. The van der Waals surface area contributed by atoms with E-state index >= 15 is 0 Å². The normalized spacial score (nSPS) is 13.6. The van der Waals surface area contributed by atoms with Gasteiger partial charge in [0.2, 0.25) is 0 Å². The lowest BCUT2D eigenvalue weighted by Gasteiger charge is -2.27. The molecule has 0 spiro atoms. The molecule has 15 heavy (non-hydrogen) atoms. The van der Waals surface area contributed by atoms with E-state index in [9.17, 15) is 5.11 Å². The molecule has 0 aliphatic rings. The van der Waals surface area contributed by atoms with Crippen LogP contribution < -0.4 is 0 Å². The lowest BCUT2D eigenvalue weighted by Crippen LogP contribution is -2.15. The maximum absolute atomic E-state index is 9.73. The van der Waals surface area contributed by atoms with Gasteiger partial charge in [-0.05, 0) is 23.0 Å². The van der Waals surface area contributed by atoms with Crippen LogP contribution in [0.3, 0.4) is 0 Å². The smallest absolute Gasteiger partial charge is 0.123 e. The molecule has 0 saturated heterocycles. The molecule has 1 N–H and O–H groups in total. The van der Waals surface area contributed by atoms with Gasteiger partial charge in [-0.3, -0.25) is 0 Å². The molecule has 1 rings (SSSR count). The number of phenols is 1. The van der Waals surface area contributed by atoms with Gasteiger partial charge in [0.15, 0.2) is 0 Å². The zero-order chi connectivity index (χ0) is 11.6. The molecule has 1 unspecified atom stereocenters. The van der Waals surface area contributed by atoms with Crippen LogP contribution in [0, 0.1) is 5.41 Å². The Morgan fingerprint density at radius 3 is 2.33 bits per heavy atom. The van der Waals surface area contributed by atoms with Crippen molar-refractivity contribution < 1.29 is 5.11 Å². The summed E-state index contributed by atoms with van der Waals surface area (Å²) in [6, 6.07) is 5.82. The second-order valence-electron chi connectivity index (χ2n) is 5.11. The molecule has 0 aromatic heterocycles. The molecule has 0 saturated carbocycles. The summed E-state index contributed by atoms with van der Waals surface area (Å²) in [4.78, 5) is 0. The molecule has 82 valence electrons. The van der Waals surface area contributed by atoms with Crippen molar-refractivity contribution in [2.45, 2.75) is 33.6 Å². The van der Waals surface area contributed by atoms with Crippen LogP contribution in [0.4, 0.5) is 0 Å². The molecular formula is C14H20O. The largest absolute Gasteiger partial charge is 0.507 e. The van der Waals surface area contributed by atoms with E-state index in [-0.39, 0.29) is 5.41 Å². The van der Waals surface area contributed by atoms with Crippen LogP contribution in [-0.4, -0.2) is 5.11 Å². The summed E-state index contributed by atoms with van der Waals surface area (Å²) in [6.07, 6.45) is 1.67. The van der Waals surface area contributed by atoms with E-state index in [2.05, 4.69) is 40.3 Å². The third-order valence-electron chi connectivity index (χ3n) is 3.07. The Labute approximate surface area is 92.5 Å². The second-order valence-corrected chi connectivity index (χ2v) is 5.11. The number of hydrogen-bond acceptors (Lipinski definition) is 1. The van der Waals surface area contributed by atoms with Crippen LogP contribution in [0.1, 0.15) is 44.7 Å². The average Bonchev–Trinajstić information content (AvgIpc) is 2.15. The molecule has 1 heteroatoms. The summed E-state index contributed by atoms with van der Waals surface area (Å²) < 4.78 is 0. The van der Waals surface area contributed by atoms with Crippen LogP contribution >= 0.6 is 0 Å². The molecule has 0 bridgehead atoms. The summed E-state index contributed by atoms with van der Waals surface area (Å²) in [7, 11) is 0. The van der Waals surface area contributed by atoms with Crippen molar-refractivity contribution in [2.24, 2.45) is 5.41 Å². The second kappa shape index (κ2) is 4.09. The van der Waals surface area contributed by atoms with Gasteiger partial charge in [0.05, 0.1) is 0 Å². The van der Waals surface area contributed by atoms with Gasteiger partial charge in [0.25, 0.3) is 0 Å². The third-order valence-corrected chi connectivity index (χ3v) is 3.07. The summed E-state index contributed by atoms with van der Waals surface area (Å²) in [5, 5.41) is 9.73. The Kier molecular flexibility index (Phi) is 3.23. The first-order valence-corrected chi connectivity index (χ1v) is 5.31. The number of rotatable bonds is 2. The van der Waals surface area contributed by atoms with Crippen LogP contribution in [-0.2, 0) is 0 Å². The van der Waals surface area contributed by atoms with Crippen molar-refractivity contribution in [3.05, 3.63) is 35.9 Å². The highest BCUT2D eigenvalue weighted by Crippen LogP contribution is 2.36. The highest BCUT2D eigenvalue weighted by molar-refractivity contribution is 5.56. The maximum Gasteiger partial charge on any atom is 0.123 e. The Morgan fingerprint density at radius 1 is 1.33 bits per heavy atom. The van der Waals surface area contributed by atoms with Crippen molar-refractivity contribution in [3.8, 4) is 5.75 Å². The van der Waals surface area contributed by atoms with E-state index in [4.69, 9.17) is 0 Å². The number of benzene rings is 1. The minimum Gasteiger partial charge on any atom is -0.507 e. The number of phenolic OH excluding ortho intramolecular Hbond substituents is 1. The lowest BCUT2D eigenvalue weighted by atomic mass is 9.77. The summed E-state index contributed by atoms with van der Waals surface area (Å²) in [6.45, 7) is 12.5. The van der Waals surface area contributed by atoms with Crippen LogP contribution in [0.2, 0.25) is 0 Å². The Morgan fingerprint density at radius 2 is 1.93 bits per heavy atom. The van der Waals surface area contributed by atoms with Gasteiger partial charge >= 0.3 is 0 Å². The first kappa shape index (κ1) is 11.8. The molecule has 1 aromatic rings. The van der Waals surface area contributed by atoms with Gasteiger partial charge in [0.1, 0.15) is 5.75 Å². The monoisotopic (exact) mass is 204 g/mol. The van der Waals surface area contributed by atoms with E-state index in [1.165, 1.54) is 5.56 Å². The van der Waals surface area contributed by atoms with Gasteiger partial charge < -0.3 is 5.11 Å². The predicted octanol–water partition coefficient (Wildman–Crippen LogP) is 4.18. The highest BCUT2D eigenvalue weighted by atomic mass is 16.3. The third kappa shape index (κ3) is 2.62. The Bertz CT molecular complexity index is 358. The van der Waals surface area contributed by atoms with Crippen LogP contribution in [0.15, 0.2) is 24.8 Å². The first-order valence-electron chi connectivity index (χ1n) is 5.31. The van der Waals surface area contributed by atoms with E-state index in [0.717, 1.165) is 5.56 Å². The van der Waals surface area contributed by atoms with Crippen LogP contribution in [0.5, 0.6) is 5.75 Å². The SMILES string of the molecule is C=Cc1ccc(C(C)C(C)(C)C)cc1O. The molecular weight excluding hydrogens is 184 g/mol. The van der Waals surface area contributed by atoms with Crippen LogP contribution in [0.25, 0.3) is 6.08 Å². The average molecular weight is 204 g/mol. The zero-order valence-electron chi connectivity index (χ0n) is 10.0. The standard InChI is InChI=1S/C14H20O/c1-6-11-7-8-12(9-13(11)15)10(2)14(3,4)5/h6-10,15H,1H2,2-5H3. The van der Waals surface area contributed by atoms with Crippen molar-refractivity contribution >= 4 is 6.08 Å². The van der Waals surface area contributed by atoms with Gasteiger partial charge in [0, 0.05) is 5.56 Å². The fraction of sp³-hybridized carbons (Fsp3) is 0.429. The fourth-order valence-electron chi connectivity index (χ4n) is 1.50. The van der Waals surface area contributed by atoms with Crippen molar-refractivity contribution in [1.82, 2.24) is 0 Å². The quantitative estimate of drug-likeness (QED) is 0.766. The number of aromatic hydroxyl groups is 1. The zero-order valence-corrected chi connectivity index (χ0v) is 10.0. The summed E-state index contributed by atoms with van der Waals surface area (Å²) >= 11 is 0. The summed E-state index contributed by atoms with van der Waals surface area (Å²) in [5.74, 6) is 0.737. The van der Waals surface area contributed by atoms with E-state index < -0.39 is 0 Å². The minimum atomic E-state index is 0.210. The molecule has 0 amide bonds. The van der Waals surface area contributed by atoms with E-state index in [1.54, 1.807) is 6.08 Å². The van der Waals surface area contributed by atoms with Crippen molar-refractivity contribution in [2.75, 3.05) is 0 Å². The molecule has 0 radical (unpaired) electrons. The number of hydrogen-bond donors (Lipinski definition) is 1. The Balaban J connectivity index is 3.08. The topological polar surface area (TPSA) is 20.2 Å². The highest BCUT2D eigenvalue weighted by Gasteiger charge is 2.21. The molecule has 0 fully saturated rings. The van der Waals surface area contributed by atoms with Crippen molar-refractivity contribution in [1.29, 1.82) is 0 Å². The molecule has 1 nitrogen and oxygen atoms in total. The van der Waals surface area contributed by atoms with Gasteiger partial charge in [-0.2, -0.15) is 0 Å². The maximum atomic E-state index is 9.73. The predicted molar refractivity (Wildman–Crippen MR) is 66.1 cm³/mol. The Hall–Kier alpha value is -1.24. The van der Waals surface area contributed by atoms with Gasteiger partial charge in [-0.15, -0.1) is 0 Å².